The molecule has 2 N–H and O–H groups in total. The van der Waals surface area contributed by atoms with Crippen molar-refractivity contribution in [1.29, 1.82) is 0 Å². The summed E-state index contributed by atoms with van der Waals surface area (Å²) in [7, 11) is 0. The fourth-order valence-electron chi connectivity index (χ4n) is 6.18. The topological polar surface area (TPSA) is 71.0 Å². The first-order valence-electron chi connectivity index (χ1n) is 17.8. The molecule has 1 fully saturated rings. The van der Waals surface area contributed by atoms with E-state index in [0.717, 1.165) is 41.9 Å². The molecule has 0 aromatic heterocycles. The maximum Gasteiger partial charge on any atom is 0.272 e. The highest BCUT2D eigenvalue weighted by Gasteiger charge is 2.39. The number of benzene rings is 2. The van der Waals surface area contributed by atoms with Gasteiger partial charge in [0.15, 0.2) is 6.29 Å². The molecule has 1 saturated heterocycles. The van der Waals surface area contributed by atoms with Crippen LogP contribution in [-0.4, -0.2) is 45.4 Å². The van der Waals surface area contributed by atoms with Crippen LogP contribution in [0.5, 0.6) is 0 Å². The average molecular weight is 712 g/mol. The molecule has 1 amide bonds. The summed E-state index contributed by atoms with van der Waals surface area (Å²) in [4.78, 5) is 14.6. The Bertz CT molecular complexity index is 1130. The highest BCUT2D eigenvalue weighted by Crippen LogP contribution is 2.42. The lowest BCUT2D eigenvalue weighted by atomic mass is 9.90. The Kier molecular flexibility index (Phi) is 18.5. The smallest absolute Gasteiger partial charge is 0.272 e. The number of hydrogen-bond acceptors (Lipinski definition) is 5. The van der Waals surface area contributed by atoms with Crippen LogP contribution < -0.4 is 5.32 Å². The molecule has 0 aliphatic carbocycles. The Balaban J connectivity index is 1.76. The van der Waals surface area contributed by atoms with Crippen LogP contribution in [0, 0.1) is 5.92 Å². The Labute approximate surface area is 298 Å². The number of carbonyl (C=O) groups excluding carboxylic acids is 1. The number of nitrogens with zero attached hydrogens (tertiary/aromatic N) is 1. The first-order chi connectivity index (χ1) is 22.7. The van der Waals surface area contributed by atoms with Crippen LogP contribution in [0.1, 0.15) is 132 Å². The number of hydrogen-bond donors (Lipinski definition) is 2. The summed E-state index contributed by atoms with van der Waals surface area (Å²) < 4.78 is 11.5. The second-order valence-corrected chi connectivity index (χ2v) is 15.4. The van der Waals surface area contributed by atoms with E-state index in [-0.39, 0.29) is 31.3 Å². The summed E-state index contributed by atoms with van der Waals surface area (Å²) in [6, 6.07) is 15.9. The minimum absolute atomic E-state index is 0.00995. The van der Waals surface area contributed by atoms with E-state index in [1.807, 2.05) is 36.4 Å². The number of unbranched alkanes of at least 4 members (excludes halogenated alkanes) is 10. The van der Waals surface area contributed by atoms with Gasteiger partial charge in [-0.15, -0.1) is 0 Å². The number of nitrogens with one attached hydrogen (secondary N) is 1. The van der Waals surface area contributed by atoms with Gasteiger partial charge in [-0.3, -0.25) is 4.79 Å². The fraction of sp³-hybridized carbons (Fsp3) is 0.658. The predicted octanol–water partition coefficient (Wildman–Crippen LogP) is 9.98. The summed E-state index contributed by atoms with van der Waals surface area (Å²) in [6.07, 6.45) is 14.7. The van der Waals surface area contributed by atoms with Crippen molar-refractivity contribution in [3.8, 4) is 0 Å². The lowest BCUT2D eigenvalue weighted by Gasteiger charge is -2.43. The summed E-state index contributed by atoms with van der Waals surface area (Å²) in [5.41, 5.74) is 3.74. The van der Waals surface area contributed by atoms with Crippen molar-refractivity contribution in [3.63, 3.8) is 0 Å². The van der Waals surface area contributed by atoms with Crippen molar-refractivity contribution in [3.05, 3.63) is 70.8 Å². The molecule has 264 valence electrons. The SMILES string of the molecule is CCCCCCCCN(CCCCCCCC)C[C@H]1O[C@@H](c2ccc(CNC(=O)C(Cl)(Cl)Cl)cc2)O[C@@H](c2ccc(CO)cc2)[C@H]1C. The normalized spacial score (nSPS) is 20.1. The Morgan fingerprint density at radius 3 is 1.81 bits per heavy atom. The third kappa shape index (κ3) is 14.2. The summed E-state index contributed by atoms with van der Waals surface area (Å²) >= 11 is 17.1. The lowest BCUT2D eigenvalue weighted by Crippen LogP contribution is -2.45. The van der Waals surface area contributed by atoms with Crippen LogP contribution in [0.4, 0.5) is 0 Å². The van der Waals surface area contributed by atoms with Crippen molar-refractivity contribution in [2.75, 3.05) is 19.6 Å². The zero-order valence-corrected chi connectivity index (χ0v) is 31.0. The van der Waals surface area contributed by atoms with Crippen LogP contribution in [0.15, 0.2) is 48.5 Å². The number of carbonyl (C=O) groups is 1. The minimum atomic E-state index is -2.00. The molecule has 0 bridgehead atoms. The maximum atomic E-state index is 12.0. The Morgan fingerprint density at radius 2 is 1.28 bits per heavy atom. The summed E-state index contributed by atoms with van der Waals surface area (Å²) in [6.45, 7) is 10.0. The van der Waals surface area contributed by atoms with Gasteiger partial charge in [-0.05, 0) is 42.6 Å². The van der Waals surface area contributed by atoms with Gasteiger partial charge in [0.25, 0.3) is 9.70 Å². The molecular formula is C38H57Cl3N2O4. The fourth-order valence-corrected chi connectivity index (χ4v) is 6.38. The maximum absolute atomic E-state index is 12.0. The molecule has 0 saturated carbocycles. The number of ether oxygens (including phenoxy) is 2. The molecule has 1 aliphatic rings. The number of aliphatic hydroxyl groups excluding tert-OH is 1. The molecule has 47 heavy (non-hydrogen) atoms. The van der Waals surface area contributed by atoms with Crippen molar-refractivity contribution < 1.29 is 19.4 Å². The second-order valence-electron chi connectivity index (χ2n) is 13.1. The van der Waals surface area contributed by atoms with Crippen LogP contribution >= 0.6 is 34.8 Å². The van der Waals surface area contributed by atoms with Crippen LogP contribution in [0.2, 0.25) is 0 Å². The van der Waals surface area contributed by atoms with Gasteiger partial charge in [-0.25, -0.2) is 0 Å². The largest absolute Gasteiger partial charge is 0.392 e. The van der Waals surface area contributed by atoms with Crippen molar-refractivity contribution in [1.82, 2.24) is 10.2 Å². The van der Waals surface area contributed by atoms with E-state index in [1.165, 1.54) is 77.0 Å². The molecule has 2 aromatic carbocycles. The van der Waals surface area contributed by atoms with Crippen molar-refractivity contribution >= 4 is 40.7 Å². The van der Waals surface area contributed by atoms with E-state index in [2.05, 4.69) is 43.1 Å². The van der Waals surface area contributed by atoms with Gasteiger partial charge in [-0.2, -0.15) is 0 Å². The third-order valence-corrected chi connectivity index (χ3v) is 9.69. The Hall–Kier alpha value is -1.38. The monoisotopic (exact) mass is 710 g/mol. The average Bonchev–Trinajstić information content (AvgIpc) is 3.07. The van der Waals surface area contributed by atoms with Gasteiger partial charge in [0.1, 0.15) is 0 Å². The van der Waals surface area contributed by atoms with E-state index in [4.69, 9.17) is 44.3 Å². The molecule has 9 heteroatoms. The van der Waals surface area contributed by atoms with Crippen molar-refractivity contribution in [2.45, 2.75) is 133 Å². The third-order valence-electron chi connectivity index (χ3n) is 9.18. The van der Waals surface area contributed by atoms with E-state index in [9.17, 15) is 9.90 Å². The first kappa shape index (κ1) is 40.1. The molecule has 1 heterocycles. The van der Waals surface area contributed by atoms with Gasteiger partial charge in [0.05, 0.1) is 18.8 Å². The molecule has 1 aliphatic heterocycles. The predicted molar refractivity (Wildman–Crippen MR) is 195 cm³/mol. The quantitative estimate of drug-likeness (QED) is 0.0997. The number of halogens is 3. The number of rotatable bonds is 21. The molecule has 4 atom stereocenters. The molecule has 0 unspecified atom stereocenters. The Morgan fingerprint density at radius 1 is 0.766 bits per heavy atom. The molecule has 2 aromatic rings. The van der Waals surface area contributed by atoms with Gasteiger partial charge >= 0.3 is 0 Å². The van der Waals surface area contributed by atoms with Crippen LogP contribution in [-0.2, 0) is 27.4 Å². The summed E-state index contributed by atoms with van der Waals surface area (Å²) in [5, 5.41) is 12.3. The van der Waals surface area contributed by atoms with E-state index >= 15 is 0 Å². The molecular weight excluding hydrogens is 655 g/mol. The number of aliphatic hydroxyl groups is 1. The number of alkyl halides is 3. The van der Waals surface area contributed by atoms with Crippen molar-refractivity contribution in [2.24, 2.45) is 5.92 Å². The molecule has 3 rings (SSSR count). The second kappa shape index (κ2) is 21.7. The molecule has 6 nitrogen and oxygen atoms in total. The van der Waals surface area contributed by atoms with E-state index < -0.39 is 16.0 Å². The zero-order chi connectivity index (χ0) is 34.1. The number of amides is 1. The van der Waals surface area contributed by atoms with Gasteiger partial charge in [-0.1, -0.05) is 168 Å². The minimum Gasteiger partial charge on any atom is -0.392 e. The first-order valence-corrected chi connectivity index (χ1v) is 19.0. The van der Waals surface area contributed by atoms with Crippen LogP contribution in [0.25, 0.3) is 0 Å². The molecule has 0 spiro atoms. The van der Waals surface area contributed by atoms with Gasteiger partial charge in [0, 0.05) is 24.6 Å². The van der Waals surface area contributed by atoms with E-state index in [1.54, 1.807) is 0 Å². The lowest BCUT2D eigenvalue weighted by molar-refractivity contribution is -0.276. The van der Waals surface area contributed by atoms with E-state index in [0.29, 0.717) is 0 Å². The van der Waals surface area contributed by atoms with Gasteiger partial charge < -0.3 is 24.8 Å². The molecule has 0 radical (unpaired) electrons. The highest BCUT2D eigenvalue weighted by molar-refractivity contribution is 6.76. The summed E-state index contributed by atoms with van der Waals surface area (Å²) in [5.74, 6) is -0.539. The highest BCUT2D eigenvalue weighted by atomic mass is 35.6. The van der Waals surface area contributed by atoms with Gasteiger partial charge in [0.2, 0.25) is 0 Å². The van der Waals surface area contributed by atoms with Crippen LogP contribution in [0.3, 0.4) is 0 Å². The zero-order valence-electron chi connectivity index (χ0n) is 28.7. The standard InChI is InChI=1S/C38H57Cl3N2O4/c1-4-6-8-10-12-14-24-43(25-15-13-11-9-7-5-2)27-34-29(3)35(32-20-18-31(28-44)19-21-32)47-36(46-34)33-22-16-30(17-23-33)26-42-37(45)38(39,40)41/h16-23,29,34-36,44H,4-15,24-28H2,1-3H3,(H,42,45)/t29-,34+,35+,36+/m0/s1.